The summed E-state index contributed by atoms with van der Waals surface area (Å²) in [6, 6.07) is 5.30. The van der Waals surface area contributed by atoms with Crippen molar-refractivity contribution < 1.29 is 14.3 Å². The van der Waals surface area contributed by atoms with E-state index in [0.717, 1.165) is 44.1 Å². The van der Waals surface area contributed by atoms with E-state index in [4.69, 9.17) is 21.1 Å². The second kappa shape index (κ2) is 8.62. The molecule has 0 saturated carbocycles. The van der Waals surface area contributed by atoms with Crippen molar-refractivity contribution in [2.75, 3.05) is 38.2 Å². The van der Waals surface area contributed by atoms with E-state index in [1.54, 1.807) is 18.2 Å². The molecule has 2 heterocycles. The van der Waals surface area contributed by atoms with Crippen LogP contribution in [0.25, 0.3) is 0 Å². The first kappa shape index (κ1) is 18.1. The topological polar surface area (TPSA) is 63.7 Å². The fourth-order valence-electron chi connectivity index (χ4n) is 2.44. The molecule has 3 rings (SSSR count). The SMILES string of the molecule is Cc1cc(OCC(=O)Nc2nc(CN3CCOCC3)cs2)ccc1Cl. The van der Waals surface area contributed by atoms with Gasteiger partial charge in [-0.3, -0.25) is 15.0 Å². The summed E-state index contributed by atoms with van der Waals surface area (Å²) < 4.78 is 10.8. The van der Waals surface area contributed by atoms with Crippen LogP contribution in [0.1, 0.15) is 11.3 Å². The highest BCUT2D eigenvalue weighted by molar-refractivity contribution is 7.13. The van der Waals surface area contributed by atoms with E-state index in [1.165, 1.54) is 11.3 Å². The lowest BCUT2D eigenvalue weighted by Gasteiger charge is -2.25. The van der Waals surface area contributed by atoms with Crippen molar-refractivity contribution in [1.29, 1.82) is 0 Å². The molecule has 0 atom stereocenters. The Morgan fingerprint density at radius 3 is 3.00 bits per heavy atom. The summed E-state index contributed by atoms with van der Waals surface area (Å²) in [6.07, 6.45) is 0. The van der Waals surface area contributed by atoms with Gasteiger partial charge in [-0.2, -0.15) is 0 Å². The fraction of sp³-hybridized carbons (Fsp3) is 0.412. The van der Waals surface area contributed by atoms with Gasteiger partial charge in [0.25, 0.3) is 5.91 Å². The smallest absolute Gasteiger partial charge is 0.264 e. The molecule has 1 fully saturated rings. The molecule has 1 amide bonds. The number of amides is 1. The van der Waals surface area contributed by atoms with E-state index in [2.05, 4.69) is 15.2 Å². The number of hydrogen-bond donors (Lipinski definition) is 1. The van der Waals surface area contributed by atoms with E-state index >= 15 is 0 Å². The molecule has 8 heteroatoms. The van der Waals surface area contributed by atoms with Crippen molar-refractivity contribution in [3.8, 4) is 5.75 Å². The standard InChI is InChI=1S/C17H20ClN3O3S/c1-12-8-14(2-3-15(12)18)24-10-16(22)20-17-19-13(11-25-17)9-21-4-6-23-7-5-21/h2-3,8,11H,4-7,9-10H2,1H3,(H,19,20,22). The van der Waals surface area contributed by atoms with Gasteiger partial charge in [-0.25, -0.2) is 4.98 Å². The number of nitrogens with zero attached hydrogens (tertiary/aromatic N) is 2. The van der Waals surface area contributed by atoms with Crippen LogP contribution in [0.3, 0.4) is 0 Å². The molecule has 25 heavy (non-hydrogen) atoms. The Bertz CT molecular complexity index is 732. The summed E-state index contributed by atoms with van der Waals surface area (Å²) in [6.45, 7) is 5.93. The van der Waals surface area contributed by atoms with Crippen LogP contribution in [0, 0.1) is 6.92 Å². The molecule has 0 unspecified atom stereocenters. The first-order chi connectivity index (χ1) is 12.1. The van der Waals surface area contributed by atoms with Crippen molar-refractivity contribution in [2.24, 2.45) is 0 Å². The van der Waals surface area contributed by atoms with Crippen molar-refractivity contribution in [1.82, 2.24) is 9.88 Å². The molecule has 2 aromatic rings. The van der Waals surface area contributed by atoms with Crippen LogP contribution in [-0.2, 0) is 16.1 Å². The molecule has 0 radical (unpaired) electrons. The van der Waals surface area contributed by atoms with Crippen LogP contribution in [0.2, 0.25) is 5.02 Å². The van der Waals surface area contributed by atoms with Crippen molar-refractivity contribution in [3.05, 3.63) is 39.9 Å². The number of morpholine rings is 1. The monoisotopic (exact) mass is 381 g/mol. The maximum absolute atomic E-state index is 12.0. The Labute approximate surface area is 155 Å². The number of hydrogen-bond acceptors (Lipinski definition) is 6. The number of halogens is 1. The van der Waals surface area contributed by atoms with E-state index in [1.807, 2.05) is 12.3 Å². The molecule has 1 aromatic heterocycles. The molecule has 1 saturated heterocycles. The van der Waals surface area contributed by atoms with Gasteiger partial charge in [0.1, 0.15) is 5.75 Å². The minimum atomic E-state index is -0.236. The number of nitrogens with one attached hydrogen (secondary N) is 1. The Morgan fingerprint density at radius 2 is 2.24 bits per heavy atom. The van der Waals surface area contributed by atoms with Gasteiger partial charge in [0.15, 0.2) is 11.7 Å². The zero-order valence-corrected chi connectivity index (χ0v) is 15.5. The van der Waals surface area contributed by atoms with Gasteiger partial charge in [-0.15, -0.1) is 11.3 Å². The largest absolute Gasteiger partial charge is 0.484 e. The quantitative estimate of drug-likeness (QED) is 0.833. The first-order valence-corrected chi connectivity index (χ1v) is 9.29. The van der Waals surface area contributed by atoms with Crippen LogP contribution in [0.4, 0.5) is 5.13 Å². The predicted octanol–water partition coefficient (Wildman–Crippen LogP) is 2.95. The highest BCUT2D eigenvalue weighted by Crippen LogP contribution is 2.21. The summed E-state index contributed by atoms with van der Waals surface area (Å²) in [5.74, 6) is 0.379. The maximum Gasteiger partial charge on any atom is 0.264 e. The molecule has 0 aliphatic carbocycles. The van der Waals surface area contributed by atoms with Gasteiger partial charge in [-0.05, 0) is 30.7 Å². The predicted molar refractivity (Wildman–Crippen MR) is 98.5 cm³/mol. The first-order valence-electron chi connectivity index (χ1n) is 8.03. The third-order valence-electron chi connectivity index (χ3n) is 3.79. The molecule has 1 N–H and O–H groups in total. The average Bonchev–Trinajstić information content (AvgIpc) is 3.03. The number of thiazole rings is 1. The third-order valence-corrected chi connectivity index (χ3v) is 5.02. The average molecular weight is 382 g/mol. The van der Waals surface area contributed by atoms with E-state index in [-0.39, 0.29) is 12.5 Å². The lowest BCUT2D eigenvalue weighted by molar-refractivity contribution is -0.118. The van der Waals surface area contributed by atoms with Gasteiger partial charge in [0.05, 0.1) is 18.9 Å². The van der Waals surface area contributed by atoms with Crippen LogP contribution < -0.4 is 10.1 Å². The summed E-state index contributed by atoms with van der Waals surface area (Å²) in [5, 5.41) is 6.00. The van der Waals surface area contributed by atoms with Crippen LogP contribution in [-0.4, -0.2) is 48.7 Å². The second-order valence-electron chi connectivity index (χ2n) is 5.78. The van der Waals surface area contributed by atoms with Crippen LogP contribution >= 0.6 is 22.9 Å². The van der Waals surface area contributed by atoms with Gasteiger partial charge >= 0.3 is 0 Å². The van der Waals surface area contributed by atoms with Crippen molar-refractivity contribution in [2.45, 2.75) is 13.5 Å². The highest BCUT2D eigenvalue weighted by Gasteiger charge is 2.13. The normalized spacial score (nSPS) is 15.1. The van der Waals surface area contributed by atoms with E-state index < -0.39 is 0 Å². The molecule has 0 spiro atoms. The number of carbonyl (C=O) groups is 1. The second-order valence-corrected chi connectivity index (χ2v) is 7.05. The number of benzene rings is 1. The lowest BCUT2D eigenvalue weighted by Crippen LogP contribution is -2.35. The highest BCUT2D eigenvalue weighted by atomic mass is 35.5. The molecular weight excluding hydrogens is 362 g/mol. The summed E-state index contributed by atoms with van der Waals surface area (Å²) >= 11 is 7.39. The Balaban J connectivity index is 1.46. The number of aryl methyl sites for hydroxylation is 1. The molecule has 0 bridgehead atoms. The summed E-state index contributed by atoms with van der Waals surface area (Å²) in [5.41, 5.74) is 1.86. The molecule has 1 aromatic carbocycles. The minimum Gasteiger partial charge on any atom is -0.484 e. The number of carbonyl (C=O) groups excluding carboxylic acids is 1. The number of anilines is 1. The number of aromatic nitrogens is 1. The van der Waals surface area contributed by atoms with Crippen LogP contribution in [0.15, 0.2) is 23.6 Å². The van der Waals surface area contributed by atoms with Crippen LogP contribution in [0.5, 0.6) is 5.75 Å². The van der Waals surface area contributed by atoms with Gasteiger partial charge in [-0.1, -0.05) is 11.6 Å². The molecule has 1 aliphatic heterocycles. The molecule has 6 nitrogen and oxygen atoms in total. The van der Waals surface area contributed by atoms with Crippen molar-refractivity contribution in [3.63, 3.8) is 0 Å². The number of ether oxygens (including phenoxy) is 2. The maximum atomic E-state index is 12.0. The summed E-state index contributed by atoms with van der Waals surface area (Å²) in [4.78, 5) is 18.8. The fourth-order valence-corrected chi connectivity index (χ4v) is 3.27. The third kappa shape index (κ3) is 5.40. The summed E-state index contributed by atoms with van der Waals surface area (Å²) in [7, 11) is 0. The molecule has 134 valence electrons. The Morgan fingerprint density at radius 1 is 1.44 bits per heavy atom. The van der Waals surface area contributed by atoms with E-state index in [9.17, 15) is 4.79 Å². The molecular formula is C17H20ClN3O3S. The Hall–Kier alpha value is -1.67. The van der Waals surface area contributed by atoms with Crippen molar-refractivity contribution >= 4 is 34.0 Å². The minimum absolute atomic E-state index is 0.0700. The zero-order chi connectivity index (χ0) is 17.6. The molecule has 1 aliphatic rings. The number of rotatable bonds is 6. The van der Waals surface area contributed by atoms with Gasteiger partial charge < -0.3 is 9.47 Å². The lowest BCUT2D eigenvalue weighted by atomic mass is 10.2. The zero-order valence-electron chi connectivity index (χ0n) is 14.0. The van der Waals surface area contributed by atoms with E-state index in [0.29, 0.717) is 15.9 Å². The van der Waals surface area contributed by atoms with Gasteiger partial charge in [0.2, 0.25) is 0 Å². The Kier molecular flexibility index (Phi) is 6.25. The van der Waals surface area contributed by atoms with Gasteiger partial charge in [0, 0.05) is 30.0 Å².